The number of alkyl carbamates (subject to hydrolysis) is 1. The van der Waals surface area contributed by atoms with Gasteiger partial charge in [0, 0.05) is 37.4 Å². The Morgan fingerprint density at radius 1 is 1.31 bits per heavy atom. The van der Waals surface area contributed by atoms with Crippen LogP contribution in [-0.4, -0.2) is 46.7 Å². The number of hydrogen-bond acceptors (Lipinski definition) is 5. The Morgan fingerprint density at radius 3 is 2.69 bits per heavy atom. The van der Waals surface area contributed by atoms with Crippen LogP contribution in [0.3, 0.4) is 0 Å². The highest BCUT2D eigenvalue weighted by molar-refractivity contribution is 14.0. The first kappa shape index (κ1) is 22.5. The number of nitrogens with zero attached hydrogens (tertiary/aromatic N) is 3. The van der Waals surface area contributed by atoms with Gasteiger partial charge in [0.1, 0.15) is 5.60 Å². The number of aliphatic imine (C=N–C) groups is 1. The Balaban J connectivity index is 0.00000338. The van der Waals surface area contributed by atoms with Gasteiger partial charge in [-0.15, -0.1) is 35.3 Å². The van der Waals surface area contributed by atoms with Gasteiger partial charge < -0.3 is 20.7 Å². The van der Waals surface area contributed by atoms with Gasteiger partial charge in [0.15, 0.2) is 10.9 Å². The summed E-state index contributed by atoms with van der Waals surface area (Å²) in [6, 6.07) is 0. The number of halogens is 1. The van der Waals surface area contributed by atoms with Gasteiger partial charge in [-0.3, -0.25) is 4.40 Å². The number of thiazole rings is 1. The van der Waals surface area contributed by atoms with E-state index in [1.807, 2.05) is 49.9 Å². The third-order valence-corrected chi connectivity index (χ3v) is 3.74. The molecule has 0 atom stereocenters. The van der Waals surface area contributed by atoms with E-state index in [4.69, 9.17) is 4.74 Å². The average molecular weight is 494 g/mol. The standard InChI is InChI=1S/C16H26N6O2S.HI/c1-5-17-13(18-6-7-19-15(23)24-16(2,3)4)20-10-12-11-22-8-9-25-14(22)21-12;/h8-9,11H,5-7,10H2,1-4H3,(H,19,23)(H2,17,18,20);1H. The van der Waals surface area contributed by atoms with Gasteiger partial charge in [0.2, 0.25) is 0 Å². The fourth-order valence-electron chi connectivity index (χ4n) is 2.01. The maximum atomic E-state index is 11.6. The lowest BCUT2D eigenvalue weighted by Gasteiger charge is -2.19. The number of aromatic nitrogens is 2. The zero-order valence-electron chi connectivity index (χ0n) is 15.5. The minimum Gasteiger partial charge on any atom is -0.444 e. The number of hydrogen-bond donors (Lipinski definition) is 3. The Morgan fingerprint density at radius 2 is 2.04 bits per heavy atom. The minimum atomic E-state index is -0.494. The third-order valence-electron chi connectivity index (χ3n) is 2.97. The predicted octanol–water partition coefficient (Wildman–Crippen LogP) is 2.59. The van der Waals surface area contributed by atoms with E-state index in [-0.39, 0.29) is 24.0 Å². The molecule has 0 aliphatic carbocycles. The highest BCUT2D eigenvalue weighted by atomic mass is 127. The summed E-state index contributed by atoms with van der Waals surface area (Å²) in [6.07, 6.45) is 3.53. The van der Waals surface area contributed by atoms with E-state index in [1.54, 1.807) is 11.3 Å². The van der Waals surface area contributed by atoms with E-state index >= 15 is 0 Å². The third kappa shape index (κ3) is 7.77. The van der Waals surface area contributed by atoms with Gasteiger partial charge in [0.05, 0.1) is 12.2 Å². The van der Waals surface area contributed by atoms with Crippen LogP contribution in [0.4, 0.5) is 4.79 Å². The summed E-state index contributed by atoms with van der Waals surface area (Å²) in [4.78, 5) is 21.6. The van der Waals surface area contributed by atoms with E-state index in [9.17, 15) is 4.79 Å². The molecule has 2 aromatic heterocycles. The van der Waals surface area contributed by atoms with Gasteiger partial charge in [-0.1, -0.05) is 0 Å². The Hall–Kier alpha value is -1.56. The number of rotatable bonds is 6. The summed E-state index contributed by atoms with van der Waals surface area (Å²) in [6.45, 7) is 9.74. The lowest BCUT2D eigenvalue weighted by atomic mass is 10.2. The van der Waals surface area contributed by atoms with Crippen molar-refractivity contribution in [1.29, 1.82) is 0 Å². The molecular weight excluding hydrogens is 467 g/mol. The van der Waals surface area contributed by atoms with Gasteiger partial charge in [-0.05, 0) is 27.7 Å². The molecule has 0 aromatic carbocycles. The van der Waals surface area contributed by atoms with Crippen molar-refractivity contribution in [3.63, 3.8) is 0 Å². The van der Waals surface area contributed by atoms with Crippen molar-refractivity contribution in [2.75, 3.05) is 19.6 Å². The first-order valence-corrected chi connectivity index (χ1v) is 9.15. The van der Waals surface area contributed by atoms with Gasteiger partial charge >= 0.3 is 6.09 Å². The highest BCUT2D eigenvalue weighted by Crippen LogP contribution is 2.11. The van der Waals surface area contributed by atoms with Crippen molar-refractivity contribution in [3.05, 3.63) is 23.5 Å². The molecule has 0 radical (unpaired) electrons. The Bertz CT molecular complexity index is 693. The number of carbonyl (C=O) groups is 1. The summed E-state index contributed by atoms with van der Waals surface area (Å²) in [7, 11) is 0. The average Bonchev–Trinajstić information content (AvgIpc) is 3.08. The normalized spacial score (nSPS) is 11.8. The van der Waals surface area contributed by atoms with Gasteiger partial charge in [-0.25, -0.2) is 14.8 Å². The molecule has 0 spiro atoms. The molecule has 8 nitrogen and oxygen atoms in total. The van der Waals surface area contributed by atoms with E-state index < -0.39 is 11.7 Å². The molecule has 146 valence electrons. The quantitative estimate of drug-likeness (QED) is 0.249. The lowest BCUT2D eigenvalue weighted by molar-refractivity contribution is 0.0529. The number of ether oxygens (including phenoxy) is 1. The molecule has 0 saturated carbocycles. The van der Waals surface area contributed by atoms with Crippen molar-refractivity contribution in [2.24, 2.45) is 4.99 Å². The maximum absolute atomic E-state index is 11.6. The predicted molar refractivity (Wildman–Crippen MR) is 116 cm³/mol. The van der Waals surface area contributed by atoms with Crippen molar-refractivity contribution in [2.45, 2.75) is 39.8 Å². The molecule has 0 bridgehead atoms. The van der Waals surface area contributed by atoms with Gasteiger partial charge in [-0.2, -0.15) is 0 Å². The largest absolute Gasteiger partial charge is 0.444 e. The van der Waals surface area contributed by atoms with Gasteiger partial charge in [0.25, 0.3) is 0 Å². The first-order chi connectivity index (χ1) is 11.9. The molecule has 3 N–H and O–H groups in total. The van der Waals surface area contributed by atoms with E-state index in [0.29, 0.717) is 25.6 Å². The number of amides is 1. The van der Waals surface area contributed by atoms with Crippen LogP contribution in [-0.2, 0) is 11.3 Å². The molecule has 0 aliphatic heterocycles. The molecule has 2 aromatic rings. The molecule has 1 amide bonds. The topological polar surface area (TPSA) is 92.0 Å². The van der Waals surface area contributed by atoms with Crippen LogP contribution in [0.15, 0.2) is 22.8 Å². The van der Waals surface area contributed by atoms with Crippen LogP contribution in [0.5, 0.6) is 0 Å². The highest BCUT2D eigenvalue weighted by Gasteiger charge is 2.15. The summed E-state index contributed by atoms with van der Waals surface area (Å²) in [5.74, 6) is 0.685. The molecule has 0 saturated heterocycles. The summed E-state index contributed by atoms with van der Waals surface area (Å²) in [5, 5.41) is 11.0. The summed E-state index contributed by atoms with van der Waals surface area (Å²) >= 11 is 1.60. The van der Waals surface area contributed by atoms with Crippen molar-refractivity contribution >= 4 is 52.3 Å². The van der Waals surface area contributed by atoms with Crippen LogP contribution in [0.2, 0.25) is 0 Å². The zero-order valence-corrected chi connectivity index (χ0v) is 18.7. The maximum Gasteiger partial charge on any atom is 0.407 e. The Kier molecular flexibility index (Phi) is 9.13. The second-order valence-corrected chi connectivity index (χ2v) is 7.25. The van der Waals surface area contributed by atoms with Crippen LogP contribution in [0.25, 0.3) is 4.96 Å². The molecular formula is C16H27IN6O2S. The second-order valence-electron chi connectivity index (χ2n) is 6.38. The summed E-state index contributed by atoms with van der Waals surface area (Å²) < 4.78 is 7.17. The number of nitrogens with one attached hydrogen (secondary N) is 3. The molecule has 0 unspecified atom stereocenters. The molecule has 0 fully saturated rings. The number of imidazole rings is 1. The SMILES string of the molecule is CCNC(=NCc1cn2ccsc2n1)NCCNC(=O)OC(C)(C)C.I. The lowest BCUT2D eigenvalue weighted by Crippen LogP contribution is -2.42. The monoisotopic (exact) mass is 494 g/mol. The van der Waals surface area contributed by atoms with E-state index in [1.165, 1.54) is 0 Å². The molecule has 10 heteroatoms. The fourth-order valence-corrected chi connectivity index (χ4v) is 2.73. The minimum absolute atomic E-state index is 0. The smallest absolute Gasteiger partial charge is 0.407 e. The fraction of sp³-hybridized carbons (Fsp3) is 0.562. The van der Waals surface area contributed by atoms with Crippen LogP contribution < -0.4 is 16.0 Å². The van der Waals surface area contributed by atoms with Crippen LogP contribution in [0, 0.1) is 0 Å². The molecule has 0 aliphatic rings. The molecule has 26 heavy (non-hydrogen) atoms. The van der Waals surface area contributed by atoms with Crippen LogP contribution >= 0.6 is 35.3 Å². The molecule has 2 rings (SSSR count). The van der Waals surface area contributed by atoms with E-state index in [2.05, 4.69) is 25.9 Å². The number of carbonyl (C=O) groups excluding carboxylic acids is 1. The Labute approximate surface area is 174 Å². The number of fused-ring (bicyclic) bond motifs is 1. The zero-order chi connectivity index (χ0) is 18.3. The molecule has 2 heterocycles. The summed E-state index contributed by atoms with van der Waals surface area (Å²) in [5.41, 5.74) is 0.419. The van der Waals surface area contributed by atoms with E-state index in [0.717, 1.165) is 17.2 Å². The van der Waals surface area contributed by atoms with Crippen molar-refractivity contribution < 1.29 is 9.53 Å². The second kappa shape index (κ2) is 10.6. The first-order valence-electron chi connectivity index (χ1n) is 8.27. The van der Waals surface area contributed by atoms with Crippen molar-refractivity contribution in [3.8, 4) is 0 Å². The van der Waals surface area contributed by atoms with Crippen LogP contribution in [0.1, 0.15) is 33.4 Å². The number of guanidine groups is 1. The van der Waals surface area contributed by atoms with Crippen molar-refractivity contribution in [1.82, 2.24) is 25.3 Å².